The van der Waals surface area contributed by atoms with Crippen molar-refractivity contribution in [1.29, 1.82) is 0 Å². The summed E-state index contributed by atoms with van der Waals surface area (Å²) in [7, 11) is 0. The Bertz CT molecular complexity index is 819. The predicted octanol–water partition coefficient (Wildman–Crippen LogP) is 4.43. The van der Waals surface area contributed by atoms with Crippen molar-refractivity contribution in [3.8, 4) is 0 Å². The third kappa shape index (κ3) is 6.09. The van der Waals surface area contributed by atoms with Gasteiger partial charge in [0.15, 0.2) is 0 Å². The van der Waals surface area contributed by atoms with Crippen LogP contribution in [0.15, 0.2) is 47.4 Å². The van der Waals surface area contributed by atoms with Gasteiger partial charge in [0.1, 0.15) is 5.82 Å². The van der Waals surface area contributed by atoms with Crippen molar-refractivity contribution >= 4 is 29.4 Å². The molecule has 0 atom stereocenters. The van der Waals surface area contributed by atoms with Gasteiger partial charge in [0.25, 0.3) is 5.91 Å². The smallest absolute Gasteiger partial charge is 0.257 e. The highest BCUT2D eigenvalue weighted by Crippen LogP contribution is 2.24. The quantitative estimate of drug-likeness (QED) is 0.678. The third-order valence-electron chi connectivity index (χ3n) is 4.93. The molecule has 1 aliphatic carbocycles. The lowest BCUT2D eigenvalue weighted by molar-refractivity contribution is -0.118. The third-order valence-corrected chi connectivity index (χ3v) is 6.01. The van der Waals surface area contributed by atoms with Gasteiger partial charge in [0.05, 0.1) is 11.3 Å². The van der Waals surface area contributed by atoms with Crippen molar-refractivity contribution in [2.45, 2.75) is 43.9 Å². The molecular weight excluding hydrogens is 370 g/mol. The monoisotopic (exact) mass is 397 g/mol. The molecule has 1 heterocycles. The van der Waals surface area contributed by atoms with Gasteiger partial charge in [0.2, 0.25) is 5.91 Å². The SMILES string of the molecule is Cc1cccc(NC(=O)c2ccccc2SCC(=O)NCC2CCCCC2)n1. The molecule has 6 heteroatoms. The van der Waals surface area contributed by atoms with Crippen LogP contribution < -0.4 is 10.6 Å². The van der Waals surface area contributed by atoms with E-state index in [1.807, 2.05) is 37.3 Å². The van der Waals surface area contributed by atoms with E-state index >= 15 is 0 Å². The number of benzene rings is 1. The molecule has 0 aliphatic heterocycles. The van der Waals surface area contributed by atoms with E-state index in [2.05, 4.69) is 15.6 Å². The van der Waals surface area contributed by atoms with E-state index in [0.717, 1.165) is 17.1 Å². The maximum Gasteiger partial charge on any atom is 0.257 e. The number of nitrogens with zero attached hydrogens (tertiary/aromatic N) is 1. The highest BCUT2D eigenvalue weighted by atomic mass is 32.2. The van der Waals surface area contributed by atoms with E-state index in [-0.39, 0.29) is 11.8 Å². The lowest BCUT2D eigenvalue weighted by atomic mass is 9.89. The van der Waals surface area contributed by atoms with E-state index in [0.29, 0.717) is 23.1 Å². The summed E-state index contributed by atoms with van der Waals surface area (Å²) in [5, 5.41) is 5.88. The second-order valence-electron chi connectivity index (χ2n) is 7.21. The van der Waals surface area contributed by atoms with Crippen molar-refractivity contribution in [2.24, 2.45) is 5.92 Å². The van der Waals surface area contributed by atoms with Gasteiger partial charge in [-0.05, 0) is 49.9 Å². The molecule has 0 unspecified atom stereocenters. The van der Waals surface area contributed by atoms with E-state index in [4.69, 9.17) is 0 Å². The molecule has 1 aromatic carbocycles. The van der Waals surface area contributed by atoms with Crippen LogP contribution in [0.5, 0.6) is 0 Å². The lowest BCUT2D eigenvalue weighted by Gasteiger charge is -2.21. The summed E-state index contributed by atoms with van der Waals surface area (Å²) in [6, 6.07) is 12.8. The minimum absolute atomic E-state index is 0.0196. The van der Waals surface area contributed by atoms with Crippen LogP contribution in [0.25, 0.3) is 0 Å². The molecule has 2 N–H and O–H groups in total. The number of aryl methyl sites for hydroxylation is 1. The molecule has 2 aromatic rings. The first-order valence-electron chi connectivity index (χ1n) is 9.85. The largest absolute Gasteiger partial charge is 0.355 e. The predicted molar refractivity (Wildman–Crippen MR) is 114 cm³/mol. The number of hydrogen-bond donors (Lipinski definition) is 2. The summed E-state index contributed by atoms with van der Waals surface area (Å²) in [6.45, 7) is 2.64. The Balaban J connectivity index is 1.54. The number of rotatable bonds is 7. The summed E-state index contributed by atoms with van der Waals surface area (Å²) in [4.78, 5) is 30.0. The zero-order valence-corrected chi connectivity index (χ0v) is 17.1. The number of carbonyl (C=O) groups excluding carboxylic acids is 2. The summed E-state index contributed by atoms with van der Waals surface area (Å²) in [6.07, 6.45) is 6.28. The standard InChI is InChI=1S/C22H27N3O2S/c1-16-8-7-13-20(24-16)25-22(27)18-11-5-6-12-19(18)28-15-21(26)23-14-17-9-3-2-4-10-17/h5-8,11-13,17H,2-4,9-10,14-15H2,1H3,(H,23,26)(H,24,25,27). The number of carbonyl (C=O) groups is 2. The summed E-state index contributed by atoms with van der Waals surface area (Å²) < 4.78 is 0. The molecule has 0 spiro atoms. The molecule has 1 fully saturated rings. The fraction of sp³-hybridized carbons (Fsp3) is 0.409. The molecule has 148 valence electrons. The van der Waals surface area contributed by atoms with Crippen LogP contribution in [0, 0.1) is 12.8 Å². The highest BCUT2D eigenvalue weighted by molar-refractivity contribution is 8.00. The highest BCUT2D eigenvalue weighted by Gasteiger charge is 2.16. The topological polar surface area (TPSA) is 71.1 Å². The molecule has 3 rings (SSSR count). The summed E-state index contributed by atoms with van der Waals surface area (Å²) >= 11 is 1.39. The van der Waals surface area contributed by atoms with Crippen LogP contribution in [0.3, 0.4) is 0 Å². The van der Waals surface area contributed by atoms with E-state index in [9.17, 15) is 9.59 Å². The molecule has 0 radical (unpaired) electrons. The molecular formula is C22H27N3O2S. The van der Waals surface area contributed by atoms with E-state index < -0.39 is 0 Å². The van der Waals surface area contributed by atoms with Crippen molar-refractivity contribution in [3.05, 3.63) is 53.7 Å². The van der Waals surface area contributed by atoms with Crippen LogP contribution in [-0.4, -0.2) is 29.1 Å². The Labute approximate surface area is 170 Å². The average Bonchev–Trinajstić information content (AvgIpc) is 2.71. The Kier molecular flexibility index (Phi) is 7.48. The van der Waals surface area contributed by atoms with Crippen molar-refractivity contribution in [2.75, 3.05) is 17.6 Å². The average molecular weight is 398 g/mol. The zero-order chi connectivity index (χ0) is 19.8. The van der Waals surface area contributed by atoms with Gasteiger partial charge in [-0.25, -0.2) is 4.98 Å². The van der Waals surface area contributed by atoms with Crippen molar-refractivity contribution < 1.29 is 9.59 Å². The van der Waals surface area contributed by atoms with Crippen LogP contribution in [0.2, 0.25) is 0 Å². The fourth-order valence-electron chi connectivity index (χ4n) is 3.42. The molecule has 5 nitrogen and oxygen atoms in total. The van der Waals surface area contributed by atoms with Gasteiger partial charge in [-0.1, -0.05) is 37.5 Å². The second-order valence-corrected chi connectivity index (χ2v) is 8.23. The minimum Gasteiger partial charge on any atom is -0.355 e. The normalized spacial score (nSPS) is 14.5. The second kappa shape index (κ2) is 10.3. The Morgan fingerprint density at radius 1 is 1.07 bits per heavy atom. The molecule has 1 aromatic heterocycles. The molecule has 0 bridgehead atoms. The lowest BCUT2D eigenvalue weighted by Crippen LogP contribution is -2.31. The van der Waals surface area contributed by atoms with Crippen LogP contribution in [0.4, 0.5) is 5.82 Å². The molecule has 2 amide bonds. The van der Waals surface area contributed by atoms with Crippen molar-refractivity contribution in [3.63, 3.8) is 0 Å². The number of anilines is 1. The first kappa shape index (κ1) is 20.4. The molecule has 1 aliphatic rings. The van der Waals surface area contributed by atoms with Gasteiger partial charge in [-0.2, -0.15) is 0 Å². The Hall–Kier alpha value is -2.34. The number of pyridine rings is 1. The number of amides is 2. The van der Waals surface area contributed by atoms with E-state index in [1.54, 1.807) is 12.1 Å². The maximum atomic E-state index is 12.7. The number of thioether (sulfide) groups is 1. The maximum absolute atomic E-state index is 12.7. The van der Waals surface area contributed by atoms with Crippen LogP contribution in [0.1, 0.15) is 48.2 Å². The van der Waals surface area contributed by atoms with Gasteiger partial charge in [0, 0.05) is 17.1 Å². The van der Waals surface area contributed by atoms with Crippen LogP contribution in [-0.2, 0) is 4.79 Å². The van der Waals surface area contributed by atoms with E-state index in [1.165, 1.54) is 43.9 Å². The number of hydrogen-bond acceptors (Lipinski definition) is 4. The molecule has 1 saturated carbocycles. The number of aromatic nitrogens is 1. The van der Waals surface area contributed by atoms with Crippen LogP contribution >= 0.6 is 11.8 Å². The molecule has 0 saturated heterocycles. The van der Waals surface area contributed by atoms with Gasteiger partial charge in [-0.15, -0.1) is 11.8 Å². The Morgan fingerprint density at radius 2 is 1.86 bits per heavy atom. The van der Waals surface area contributed by atoms with Gasteiger partial charge in [-0.3, -0.25) is 9.59 Å². The summed E-state index contributed by atoms with van der Waals surface area (Å²) in [5.41, 5.74) is 1.39. The Morgan fingerprint density at radius 3 is 2.64 bits per heavy atom. The summed E-state index contributed by atoms with van der Waals surface area (Å²) in [5.74, 6) is 1.24. The first-order valence-corrected chi connectivity index (χ1v) is 10.8. The first-order chi connectivity index (χ1) is 13.6. The minimum atomic E-state index is -0.219. The van der Waals surface area contributed by atoms with Gasteiger partial charge >= 0.3 is 0 Å². The molecule has 28 heavy (non-hydrogen) atoms. The number of nitrogens with one attached hydrogen (secondary N) is 2. The van der Waals surface area contributed by atoms with Gasteiger partial charge < -0.3 is 10.6 Å². The zero-order valence-electron chi connectivity index (χ0n) is 16.2. The van der Waals surface area contributed by atoms with Crippen molar-refractivity contribution in [1.82, 2.24) is 10.3 Å². The fourth-order valence-corrected chi connectivity index (χ4v) is 4.30.